The van der Waals surface area contributed by atoms with Crippen molar-refractivity contribution in [3.8, 4) is 0 Å². The third-order valence-corrected chi connectivity index (χ3v) is 2.26. The number of alkyl halides is 5. The van der Waals surface area contributed by atoms with Gasteiger partial charge in [0.15, 0.2) is 5.69 Å². The van der Waals surface area contributed by atoms with E-state index in [0.29, 0.717) is 6.42 Å². The van der Waals surface area contributed by atoms with Gasteiger partial charge in [-0.25, -0.2) is 4.68 Å². The van der Waals surface area contributed by atoms with E-state index in [1.165, 1.54) is 6.92 Å². The van der Waals surface area contributed by atoms with E-state index in [1.54, 1.807) is 6.92 Å². The molecule has 0 unspecified atom stereocenters. The number of aromatic nitrogens is 3. The summed E-state index contributed by atoms with van der Waals surface area (Å²) in [5.41, 5.74) is -1.46. The van der Waals surface area contributed by atoms with E-state index in [-0.39, 0.29) is 18.7 Å². The quantitative estimate of drug-likeness (QED) is 0.776. The van der Waals surface area contributed by atoms with Crippen LogP contribution in [0.25, 0.3) is 0 Å². The first-order valence-corrected chi connectivity index (χ1v) is 5.13. The van der Waals surface area contributed by atoms with Crippen LogP contribution in [0.5, 0.6) is 0 Å². The maximum absolute atomic E-state index is 13.1. The predicted molar refractivity (Wildman–Crippen MR) is 49.6 cm³/mol. The minimum atomic E-state index is -5.65. The van der Waals surface area contributed by atoms with E-state index in [1.807, 2.05) is 0 Å². The summed E-state index contributed by atoms with van der Waals surface area (Å²) in [7, 11) is 0. The van der Waals surface area contributed by atoms with Gasteiger partial charge >= 0.3 is 12.1 Å². The summed E-state index contributed by atoms with van der Waals surface area (Å²) in [6.45, 7) is 3.52. The van der Waals surface area contributed by atoms with E-state index in [9.17, 15) is 22.0 Å². The minimum Gasteiger partial charge on any atom is -0.249 e. The third kappa shape index (κ3) is 2.39. The molecule has 0 aliphatic carbocycles. The minimum absolute atomic E-state index is 0.0218. The molecule has 0 amide bonds. The summed E-state index contributed by atoms with van der Waals surface area (Å²) in [6, 6.07) is 0. The van der Waals surface area contributed by atoms with Crippen molar-refractivity contribution in [2.45, 2.75) is 45.3 Å². The Kier molecular flexibility index (Phi) is 3.73. The maximum atomic E-state index is 13.1. The highest BCUT2D eigenvalue weighted by Gasteiger charge is 2.61. The number of hydrogen-bond acceptors (Lipinski definition) is 2. The van der Waals surface area contributed by atoms with Crippen molar-refractivity contribution < 1.29 is 22.0 Å². The van der Waals surface area contributed by atoms with Crippen LogP contribution in [0.15, 0.2) is 0 Å². The van der Waals surface area contributed by atoms with Crippen LogP contribution in [0, 0.1) is 0 Å². The molecule has 1 heterocycles. The Labute approximate surface area is 94.6 Å². The van der Waals surface area contributed by atoms with E-state index in [2.05, 4.69) is 10.3 Å². The van der Waals surface area contributed by atoms with Crippen LogP contribution in [-0.2, 0) is 18.9 Å². The van der Waals surface area contributed by atoms with Gasteiger partial charge in [0, 0.05) is 6.54 Å². The molecule has 0 spiro atoms. The van der Waals surface area contributed by atoms with Crippen molar-refractivity contribution in [3.05, 3.63) is 11.4 Å². The fourth-order valence-electron chi connectivity index (χ4n) is 1.45. The molecule has 98 valence electrons. The summed E-state index contributed by atoms with van der Waals surface area (Å²) in [4.78, 5) is 0. The van der Waals surface area contributed by atoms with E-state index >= 15 is 0 Å². The molecule has 3 nitrogen and oxygen atoms in total. The van der Waals surface area contributed by atoms with Crippen LogP contribution < -0.4 is 0 Å². The fraction of sp³-hybridized carbons (Fsp3) is 0.778. The van der Waals surface area contributed by atoms with Crippen molar-refractivity contribution in [1.82, 2.24) is 15.0 Å². The zero-order valence-corrected chi connectivity index (χ0v) is 9.35. The van der Waals surface area contributed by atoms with Gasteiger partial charge in [0.05, 0.1) is 5.69 Å². The molecule has 0 saturated carbocycles. The van der Waals surface area contributed by atoms with Gasteiger partial charge in [-0.2, -0.15) is 22.0 Å². The normalized spacial score (nSPS) is 13.1. The highest BCUT2D eigenvalue weighted by Crippen LogP contribution is 2.44. The first kappa shape index (κ1) is 13.9. The standard InChI is InChI=1S/C9H12F5N3/c1-3-5-17-6(4-2)7(15-16-17)8(10,11)9(12,13)14/h3-5H2,1-2H3. The van der Waals surface area contributed by atoms with Gasteiger partial charge in [-0.15, -0.1) is 5.10 Å². The molecule has 0 radical (unpaired) electrons. The predicted octanol–water partition coefficient (Wildman–Crippen LogP) is 2.90. The lowest BCUT2D eigenvalue weighted by Crippen LogP contribution is -2.35. The molecular weight excluding hydrogens is 245 g/mol. The average molecular weight is 257 g/mol. The molecule has 0 N–H and O–H groups in total. The number of halogens is 5. The molecule has 0 aliphatic rings. The summed E-state index contributed by atoms with van der Waals surface area (Å²) in [5, 5.41) is 6.33. The van der Waals surface area contributed by atoms with E-state index < -0.39 is 17.8 Å². The summed E-state index contributed by atoms with van der Waals surface area (Å²) in [5.74, 6) is -4.95. The Morgan fingerprint density at radius 3 is 2.12 bits per heavy atom. The lowest BCUT2D eigenvalue weighted by atomic mass is 10.1. The second kappa shape index (κ2) is 4.58. The van der Waals surface area contributed by atoms with Gasteiger partial charge in [-0.05, 0) is 12.8 Å². The Morgan fingerprint density at radius 1 is 1.12 bits per heavy atom. The van der Waals surface area contributed by atoms with Crippen LogP contribution in [0.2, 0.25) is 0 Å². The van der Waals surface area contributed by atoms with Crippen LogP contribution in [0.1, 0.15) is 31.7 Å². The molecule has 0 aromatic carbocycles. The number of nitrogens with zero attached hydrogens (tertiary/aromatic N) is 3. The zero-order chi connectivity index (χ0) is 13.3. The highest BCUT2D eigenvalue weighted by molar-refractivity contribution is 5.18. The largest absolute Gasteiger partial charge is 0.459 e. The second-order valence-corrected chi connectivity index (χ2v) is 3.53. The van der Waals surface area contributed by atoms with Gasteiger partial charge in [0.25, 0.3) is 0 Å². The highest BCUT2D eigenvalue weighted by atomic mass is 19.4. The Bertz CT molecular complexity index is 382. The molecule has 1 aromatic heterocycles. The first-order chi connectivity index (χ1) is 7.75. The smallest absolute Gasteiger partial charge is 0.249 e. The third-order valence-electron chi connectivity index (χ3n) is 2.26. The molecule has 1 rings (SSSR count). The summed E-state index contributed by atoms with van der Waals surface area (Å²) < 4.78 is 63.9. The van der Waals surface area contributed by atoms with Crippen molar-refractivity contribution in [3.63, 3.8) is 0 Å². The number of hydrogen-bond donors (Lipinski definition) is 0. The second-order valence-electron chi connectivity index (χ2n) is 3.53. The Balaban J connectivity index is 3.23. The molecule has 17 heavy (non-hydrogen) atoms. The van der Waals surface area contributed by atoms with Gasteiger partial charge in [-0.3, -0.25) is 0 Å². The SMILES string of the molecule is CCCn1nnc(C(F)(F)C(F)(F)F)c1CC. The van der Waals surface area contributed by atoms with Crippen LogP contribution >= 0.6 is 0 Å². The van der Waals surface area contributed by atoms with Gasteiger partial charge in [0.2, 0.25) is 0 Å². The molecule has 0 bridgehead atoms. The summed E-state index contributed by atoms with van der Waals surface area (Å²) in [6.07, 6.45) is -5.05. The van der Waals surface area contributed by atoms with E-state index in [4.69, 9.17) is 0 Å². The van der Waals surface area contributed by atoms with Gasteiger partial charge in [0.1, 0.15) is 0 Å². The molecule has 8 heteroatoms. The van der Waals surface area contributed by atoms with Crippen molar-refractivity contribution >= 4 is 0 Å². The van der Waals surface area contributed by atoms with Crippen molar-refractivity contribution in [1.29, 1.82) is 0 Å². The monoisotopic (exact) mass is 257 g/mol. The van der Waals surface area contributed by atoms with Crippen LogP contribution in [0.4, 0.5) is 22.0 Å². The Hall–Kier alpha value is -1.21. The molecule has 0 fully saturated rings. The zero-order valence-electron chi connectivity index (χ0n) is 9.35. The van der Waals surface area contributed by atoms with Crippen LogP contribution in [-0.4, -0.2) is 21.2 Å². The molecule has 0 atom stereocenters. The topological polar surface area (TPSA) is 30.7 Å². The number of aryl methyl sites for hydroxylation is 1. The van der Waals surface area contributed by atoms with Crippen LogP contribution in [0.3, 0.4) is 0 Å². The molecule has 1 aromatic rings. The van der Waals surface area contributed by atoms with E-state index in [0.717, 1.165) is 4.68 Å². The fourth-order valence-corrected chi connectivity index (χ4v) is 1.45. The first-order valence-electron chi connectivity index (χ1n) is 5.13. The van der Waals surface area contributed by atoms with Crippen molar-refractivity contribution in [2.75, 3.05) is 0 Å². The molecule has 0 saturated heterocycles. The van der Waals surface area contributed by atoms with Gasteiger partial charge in [-0.1, -0.05) is 19.1 Å². The molecule has 0 aliphatic heterocycles. The maximum Gasteiger partial charge on any atom is 0.459 e. The lowest BCUT2D eigenvalue weighted by molar-refractivity contribution is -0.291. The van der Waals surface area contributed by atoms with Gasteiger partial charge < -0.3 is 0 Å². The lowest BCUT2D eigenvalue weighted by Gasteiger charge is -2.18. The average Bonchev–Trinajstić information content (AvgIpc) is 2.60. The summed E-state index contributed by atoms with van der Waals surface area (Å²) >= 11 is 0. The number of rotatable bonds is 4. The Morgan fingerprint density at radius 2 is 1.71 bits per heavy atom. The van der Waals surface area contributed by atoms with Crippen molar-refractivity contribution in [2.24, 2.45) is 0 Å². The molecular formula is C9H12F5N3.